The Morgan fingerprint density at radius 2 is 2.00 bits per heavy atom. The van der Waals surface area contributed by atoms with Crippen LogP contribution < -0.4 is 0 Å². The molecule has 7 heteroatoms. The van der Waals surface area contributed by atoms with Gasteiger partial charge >= 0.3 is 0 Å². The van der Waals surface area contributed by atoms with Crippen molar-refractivity contribution in [3.05, 3.63) is 11.4 Å². The molecule has 0 saturated carbocycles. The Morgan fingerprint density at radius 3 is 2.35 bits per heavy atom. The summed E-state index contributed by atoms with van der Waals surface area (Å²) in [5.74, 6) is 0.283. The molecule has 1 rings (SSSR count). The van der Waals surface area contributed by atoms with E-state index >= 15 is 0 Å². The standard InChI is InChI=1S/C10H18ClN3O2S/c1-5-14(7-6-11)17(15,16)10-8(2)12-13(4)9(10)3/h5-7H2,1-4H3. The Bertz CT molecular complexity index is 496. The zero-order chi connectivity index (χ0) is 13.2. The van der Waals surface area contributed by atoms with Crippen molar-refractivity contribution < 1.29 is 8.42 Å². The Hall–Kier alpha value is -0.590. The first-order valence-electron chi connectivity index (χ1n) is 5.42. The lowest BCUT2D eigenvalue weighted by Gasteiger charge is -2.19. The molecule has 0 bridgehead atoms. The van der Waals surface area contributed by atoms with Crippen LogP contribution in [-0.2, 0) is 17.1 Å². The molecule has 17 heavy (non-hydrogen) atoms. The van der Waals surface area contributed by atoms with Gasteiger partial charge in [-0.2, -0.15) is 9.40 Å². The summed E-state index contributed by atoms with van der Waals surface area (Å²) >= 11 is 5.63. The molecule has 0 atom stereocenters. The fourth-order valence-electron chi connectivity index (χ4n) is 1.80. The molecule has 1 aromatic heterocycles. The minimum atomic E-state index is -3.49. The molecule has 98 valence electrons. The van der Waals surface area contributed by atoms with Crippen LogP contribution in [-0.4, -0.2) is 41.5 Å². The highest BCUT2D eigenvalue weighted by atomic mass is 35.5. The lowest BCUT2D eigenvalue weighted by molar-refractivity contribution is 0.446. The molecular weight excluding hydrogens is 262 g/mol. The Balaban J connectivity index is 3.30. The first-order chi connectivity index (χ1) is 7.86. The molecule has 0 aliphatic heterocycles. The van der Waals surface area contributed by atoms with Crippen molar-refractivity contribution in [1.82, 2.24) is 14.1 Å². The van der Waals surface area contributed by atoms with Gasteiger partial charge in [0, 0.05) is 26.0 Å². The van der Waals surface area contributed by atoms with Gasteiger partial charge in [0.25, 0.3) is 0 Å². The number of rotatable bonds is 5. The predicted octanol–water partition coefficient (Wildman–Crippen LogP) is 1.29. The fraction of sp³-hybridized carbons (Fsp3) is 0.700. The van der Waals surface area contributed by atoms with Crippen LogP contribution in [0.3, 0.4) is 0 Å². The first kappa shape index (κ1) is 14.5. The van der Waals surface area contributed by atoms with Crippen LogP contribution in [0.15, 0.2) is 4.90 Å². The van der Waals surface area contributed by atoms with E-state index in [4.69, 9.17) is 11.6 Å². The highest BCUT2D eigenvalue weighted by Gasteiger charge is 2.28. The van der Waals surface area contributed by atoms with Gasteiger partial charge in [-0.05, 0) is 13.8 Å². The summed E-state index contributed by atoms with van der Waals surface area (Å²) in [5, 5.41) is 4.13. The van der Waals surface area contributed by atoms with E-state index < -0.39 is 10.0 Å². The molecule has 5 nitrogen and oxygen atoms in total. The van der Waals surface area contributed by atoms with Gasteiger partial charge in [0.15, 0.2) is 0 Å². The number of alkyl halides is 1. The van der Waals surface area contributed by atoms with Crippen LogP contribution >= 0.6 is 11.6 Å². The van der Waals surface area contributed by atoms with E-state index in [-0.39, 0.29) is 5.88 Å². The van der Waals surface area contributed by atoms with Gasteiger partial charge in [-0.25, -0.2) is 8.42 Å². The number of hydrogen-bond donors (Lipinski definition) is 0. The van der Waals surface area contributed by atoms with E-state index in [9.17, 15) is 8.42 Å². The van der Waals surface area contributed by atoms with Gasteiger partial charge in [0.1, 0.15) is 4.90 Å². The maximum Gasteiger partial charge on any atom is 0.246 e. The second-order valence-corrected chi connectivity index (χ2v) is 6.06. The summed E-state index contributed by atoms with van der Waals surface area (Å²) in [4.78, 5) is 0.298. The number of sulfonamides is 1. The van der Waals surface area contributed by atoms with Crippen molar-refractivity contribution in [2.75, 3.05) is 19.0 Å². The summed E-state index contributed by atoms with van der Waals surface area (Å²) in [6.07, 6.45) is 0. The molecule has 0 saturated heterocycles. The monoisotopic (exact) mass is 279 g/mol. The number of aryl methyl sites for hydroxylation is 2. The lowest BCUT2D eigenvalue weighted by atomic mass is 10.4. The summed E-state index contributed by atoms with van der Waals surface area (Å²) in [6, 6.07) is 0. The quantitative estimate of drug-likeness (QED) is 0.763. The fourth-order valence-corrected chi connectivity index (χ4v) is 3.95. The Labute approximate surface area is 107 Å². The van der Waals surface area contributed by atoms with Crippen molar-refractivity contribution in [2.45, 2.75) is 25.7 Å². The van der Waals surface area contributed by atoms with Crippen LogP contribution in [0.4, 0.5) is 0 Å². The third kappa shape index (κ3) is 2.64. The van der Waals surface area contributed by atoms with Crippen molar-refractivity contribution >= 4 is 21.6 Å². The van der Waals surface area contributed by atoms with E-state index in [1.807, 2.05) is 0 Å². The van der Waals surface area contributed by atoms with E-state index in [2.05, 4.69) is 5.10 Å². The van der Waals surface area contributed by atoms with E-state index in [1.165, 1.54) is 4.31 Å². The molecule has 0 aromatic carbocycles. The highest BCUT2D eigenvalue weighted by Crippen LogP contribution is 2.22. The summed E-state index contributed by atoms with van der Waals surface area (Å²) in [7, 11) is -1.75. The largest absolute Gasteiger partial charge is 0.271 e. The topological polar surface area (TPSA) is 55.2 Å². The molecule has 1 heterocycles. The summed E-state index contributed by atoms with van der Waals surface area (Å²) in [5.41, 5.74) is 1.17. The second kappa shape index (κ2) is 5.37. The van der Waals surface area contributed by atoms with Crippen molar-refractivity contribution in [1.29, 1.82) is 0 Å². The molecular formula is C10H18ClN3O2S. The third-order valence-corrected chi connectivity index (χ3v) is 5.12. The molecule has 0 aliphatic carbocycles. The first-order valence-corrected chi connectivity index (χ1v) is 7.40. The maximum absolute atomic E-state index is 12.4. The predicted molar refractivity (Wildman–Crippen MR) is 67.8 cm³/mol. The van der Waals surface area contributed by atoms with Crippen molar-refractivity contribution in [3.63, 3.8) is 0 Å². The van der Waals surface area contributed by atoms with Gasteiger partial charge in [-0.15, -0.1) is 11.6 Å². The zero-order valence-electron chi connectivity index (χ0n) is 10.6. The van der Waals surface area contributed by atoms with Crippen molar-refractivity contribution in [2.24, 2.45) is 7.05 Å². The van der Waals surface area contributed by atoms with Crippen molar-refractivity contribution in [3.8, 4) is 0 Å². The van der Waals surface area contributed by atoms with Gasteiger partial charge in [-0.1, -0.05) is 6.92 Å². The normalized spacial score (nSPS) is 12.4. The lowest BCUT2D eigenvalue weighted by Crippen LogP contribution is -2.33. The average Bonchev–Trinajstić information content (AvgIpc) is 2.49. The number of hydrogen-bond acceptors (Lipinski definition) is 3. The van der Waals surface area contributed by atoms with E-state index in [0.29, 0.717) is 29.4 Å². The molecule has 0 unspecified atom stereocenters. The Kier molecular flexibility index (Phi) is 4.57. The molecule has 0 amide bonds. The summed E-state index contributed by atoms with van der Waals surface area (Å²) < 4.78 is 27.8. The molecule has 0 spiro atoms. The third-order valence-electron chi connectivity index (χ3n) is 2.73. The SMILES string of the molecule is CCN(CCCl)S(=O)(=O)c1c(C)nn(C)c1C. The number of aromatic nitrogens is 2. The van der Waals surface area contributed by atoms with E-state index in [0.717, 1.165) is 0 Å². The van der Waals surface area contributed by atoms with Gasteiger partial charge in [-0.3, -0.25) is 4.68 Å². The molecule has 0 radical (unpaired) electrons. The van der Waals surface area contributed by atoms with Crippen LogP contribution in [0.5, 0.6) is 0 Å². The van der Waals surface area contributed by atoms with Crippen LogP contribution in [0.25, 0.3) is 0 Å². The minimum absolute atomic E-state index is 0.283. The molecule has 0 aliphatic rings. The minimum Gasteiger partial charge on any atom is -0.271 e. The van der Waals surface area contributed by atoms with Crippen LogP contribution in [0, 0.1) is 13.8 Å². The van der Waals surface area contributed by atoms with Crippen LogP contribution in [0.2, 0.25) is 0 Å². The maximum atomic E-state index is 12.4. The number of nitrogens with zero attached hydrogens (tertiary/aromatic N) is 3. The second-order valence-electron chi connectivity index (χ2n) is 3.81. The van der Waals surface area contributed by atoms with Gasteiger partial charge < -0.3 is 0 Å². The smallest absolute Gasteiger partial charge is 0.246 e. The van der Waals surface area contributed by atoms with Gasteiger partial charge in [0.2, 0.25) is 10.0 Å². The summed E-state index contributed by atoms with van der Waals surface area (Å²) in [6.45, 7) is 5.97. The Morgan fingerprint density at radius 1 is 1.41 bits per heavy atom. The van der Waals surface area contributed by atoms with Gasteiger partial charge in [0.05, 0.1) is 11.4 Å². The average molecular weight is 280 g/mol. The van der Waals surface area contributed by atoms with Crippen LogP contribution in [0.1, 0.15) is 18.3 Å². The van der Waals surface area contributed by atoms with E-state index in [1.54, 1.807) is 32.5 Å². The molecule has 0 N–H and O–H groups in total. The number of halogens is 1. The molecule has 1 aromatic rings. The highest BCUT2D eigenvalue weighted by molar-refractivity contribution is 7.89. The molecule has 0 fully saturated rings. The zero-order valence-corrected chi connectivity index (χ0v) is 12.1.